The molecule has 0 bridgehead atoms. The summed E-state index contributed by atoms with van der Waals surface area (Å²) in [5, 5.41) is 3.49. The zero-order chi connectivity index (χ0) is 11.0. The summed E-state index contributed by atoms with van der Waals surface area (Å²) in [5.41, 5.74) is 12.1. The standard InChI is InChI=1S/C11H25N3/c1-10(2,7-11(3,4)13)9-5-8(12)6-14-9/h8-9,14H,5-7,12-13H2,1-4H3. The lowest BCUT2D eigenvalue weighted by atomic mass is 9.74. The van der Waals surface area contributed by atoms with E-state index < -0.39 is 0 Å². The second kappa shape index (κ2) is 3.80. The van der Waals surface area contributed by atoms with Gasteiger partial charge in [0.25, 0.3) is 0 Å². The zero-order valence-electron chi connectivity index (χ0n) is 9.93. The Bertz CT molecular complexity index is 193. The Morgan fingerprint density at radius 2 is 1.86 bits per heavy atom. The van der Waals surface area contributed by atoms with Crippen molar-refractivity contribution in [1.29, 1.82) is 0 Å². The molecule has 1 aliphatic rings. The molecular formula is C11H25N3. The van der Waals surface area contributed by atoms with E-state index in [1.165, 1.54) is 0 Å². The lowest BCUT2D eigenvalue weighted by Gasteiger charge is -2.37. The van der Waals surface area contributed by atoms with Crippen LogP contribution in [0, 0.1) is 5.41 Å². The second-order valence-corrected chi connectivity index (χ2v) is 6.11. The molecule has 1 heterocycles. The fourth-order valence-electron chi connectivity index (χ4n) is 2.66. The van der Waals surface area contributed by atoms with Gasteiger partial charge in [0.05, 0.1) is 0 Å². The third-order valence-corrected chi connectivity index (χ3v) is 3.02. The highest BCUT2D eigenvalue weighted by molar-refractivity contribution is 4.96. The highest BCUT2D eigenvalue weighted by atomic mass is 15.0. The van der Waals surface area contributed by atoms with Gasteiger partial charge in [0.15, 0.2) is 0 Å². The van der Waals surface area contributed by atoms with Crippen molar-refractivity contribution in [2.75, 3.05) is 6.54 Å². The normalized spacial score (nSPS) is 29.6. The van der Waals surface area contributed by atoms with Crippen LogP contribution in [0.25, 0.3) is 0 Å². The molecule has 3 nitrogen and oxygen atoms in total. The van der Waals surface area contributed by atoms with Crippen molar-refractivity contribution in [3.63, 3.8) is 0 Å². The quantitative estimate of drug-likeness (QED) is 0.631. The van der Waals surface area contributed by atoms with Crippen LogP contribution in [0.1, 0.15) is 40.5 Å². The lowest BCUT2D eigenvalue weighted by Crippen LogP contribution is -2.45. The maximum atomic E-state index is 6.06. The molecule has 3 heteroatoms. The number of hydrogen-bond donors (Lipinski definition) is 3. The predicted molar refractivity (Wildman–Crippen MR) is 61.0 cm³/mol. The van der Waals surface area contributed by atoms with Crippen LogP contribution in [-0.4, -0.2) is 24.2 Å². The number of hydrogen-bond acceptors (Lipinski definition) is 3. The van der Waals surface area contributed by atoms with Gasteiger partial charge in [-0.05, 0) is 32.1 Å². The van der Waals surface area contributed by atoms with Crippen LogP contribution < -0.4 is 16.8 Å². The smallest absolute Gasteiger partial charge is 0.0180 e. The van der Waals surface area contributed by atoms with Gasteiger partial charge in [-0.1, -0.05) is 13.8 Å². The second-order valence-electron chi connectivity index (χ2n) is 6.11. The van der Waals surface area contributed by atoms with Crippen LogP contribution in [0.15, 0.2) is 0 Å². The van der Waals surface area contributed by atoms with E-state index in [0.29, 0.717) is 12.1 Å². The number of nitrogens with two attached hydrogens (primary N) is 2. The van der Waals surface area contributed by atoms with Gasteiger partial charge in [0.2, 0.25) is 0 Å². The minimum absolute atomic E-state index is 0.0993. The zero-order valence-corrected chi connectivity index (χ0v) is 9.93. The fourth-order valence-corrected chi connectivity index (χ4v) is 2.66. The maximum Gasteiger partial charge on any atom is 0.0180 e. The molecule has 1 aliphatic heterocycles. The predicted octanol–water partition coefficient (Wildman–Crippen LogP) is 0.829. The Hall–Kier alpha value is -0.120. The third-order valence-electron chi connectivity index (χ3n) is 3.02. The van der Waals surface area contributed by atoms with E-state index in [1.807, 2.05) is 0 Å². The van der Waals surface area contributed by atoms with Gasteiger partial charge >= 0.3 is 0 Å². The van der Waals surface area contributed by atoms with Gasteiger partial charge in [0.1, 0.15) is 0 Å². The molecule has 1 rings (SSSR count). The molecule has 0 aromatic heterocycles. The summed E-state index contributed by atoms with van der Waals surface area (Å²) in [6.45, 7) is 9.67. The fraction of sp³-hybridized carbons (Fsp3) is 1.00. The summed E-state index contributed by atoms with van der Waals surface area (Å²) in [4.78, 5) is 0. The monoisotopic (exact) mass is 199 g/mol. The first kappa shape index (κ1) is 12.0. The molecule has 0 aromatic carbocycles. The summed E-state index contributed by atoms with van der Waals surface area (Å²) >= 11 is 0. The molecule has 5 N–H and O–H groups in total. The highest BCUT2D eigenvalue weighted by Crippen LogP contribution is 2.33. The molecule has 2 atom stereocenters. The van der Waals surface area contributed by atoms with E-state index in [9.17, 15) is 0 Å². The maximum absolute atomic E-state index is 6.06. The van der Waals surface area contributed by atoms with Crippen molar-refractivity contribution >= 4 is 0 Å². The van der Waals surface area contributed by atoms with Crippen LogP contribution in [0.4, 0.5) is 0 Å². The Morgan fingerprint density at radius 1 is 1.29 bits per heavy atom. The lowest BCUT2D eigenvalue weighted by molar-refractivity contribution is 0.195. The first-order chi connectivity index (χ1) is 6.21. The first-order valence-electron chi connectivity index (χ1n) is 5.48. The van der Waals surface area contributed by atoms with Gasteiger partial charge in [-0.3, -0.25) is 0 Å². The van der Waals surface area contributed by atoms with Gasteiger partial charge in [0, 0.05) is 24.2 Å². The van der Waals surface area contributed by atoms with Gasteiger partial charge < -0.3 is 16.8 Å². The van der Waals surface area contributed by atoms with Crippen LogP contribution >= 0.6 is 0 Å². The summed E-state index contributed by atoms with van der Waals surface area (Å²) in [5.74, 6) is 0. The Kier molecular flexibility index (Phi) is 3.24. The summed E-state index contributed by atoms with van der Waals surface area (Å²) in [6.07, 6.45) is 2.09. The van der Waals surface area contributed by atoms with Crippen LogP contribution in [0.5, 0.6) is 0 Å². The molecule has 0 radical (unpaired) electrons. The molecular weight excluding hydrogens is 174 g/mol. The van der Waals surface area contributed by atoms with E-state index in [4.69, 9.17) is 11.5 Å². The van der Waals surface area contributed by atoms with E-state index >= 15 is 0 Å². The average Bonchev–Trinajstić information content (AvgIpc) is 2.29. The van der Waals surface area contributed by atoms with Crippen molar-refractivity contribution in [2.24, 2.45) is 16.9 Å². The minimum atomic E-state index is -0.0993. The SMILES string of the molecule is CC(C)(N)CC(C)(C)C1CC(N)CN1. The van der Waals surface area contributed by atoms with Gasteiger partial charge in [-0.2, -0.15) is 0 Å². The number of nitrogens with one attached hydrogen (secondary N) is 1. The summed E-state index contributed by atoms with van der Waals surface area (Å²) in [7, 11) is 0. The molecule has 14 heavy (non-hydrogen) atoms. The number of rotatable bonds is 3. The molecule has 0 spiro atoms. The average molecular weight is 199 g/mol. The molecule has 0 amide bonds. The summed E-state index contributed by atoms with van der Waals surface area (Å²) < 4.78 is 0. The highest BCUT2D eigenvalue weighted by Gasteiger charge is 2.37. The van der Waals surface area contributed by atoms with Crippen molar-refractivity contribution in [1.82, 2.24) is 5.32 Å². The largest absolute Gasteiger partial charge is 0.326 e. The van der Waals surface area contributed by atoms with Crippen molar-refractivity contribution in [3.8, 4) is 0 Å². The molecule has 2 unspecified atom stereocenters. The minimum Gasteiger partial charge on any atom is -0.326 e. The van der Waals surface area contributed by atoms with Crippen LogP contribution in [0.2, 0.25) is 0 Å². The van der Waals surface area contributed by atoms with E-state index in [-0.39, 0.29) is 11.0 Å². The first-order valence-corrected chi connectivity index (χ1v) is 5.48. The topological polar surface area (TPSA) is 64.1 Å². The Balaban J connectivity index is 2.56. The van der Waals surface area contributed by atoms with E-state index in [1.54, 1.807) is 0 Å². The van der Waals surface area contributed by atoms with Crippen LogP contribution in [-0.2, 0) is 0 Å². The van der Waals surface area contributed by atoms with Crippen molar-refractivity contribution < 1.29 is 0 Å². The van der Waals surface area contributed by atoms with Gasteiger partial charge in [-0.25, -0.2) is 0 Å². The van der Waals surface area contributed by atoms with Crippen molar-refractivity contribution in [2.45, 2.75) is 58.2 Å². The molecule has 0 aliphatic carbocycles. The summed E-state index contributed by atoms with van der Waals surface area (Å²) in [6, 6.07) is 0.834. The Morgan fingerprint density at radius 3 is 2.21 bits per heavy atom. The van der Waals surface area contributed by atoms with Gasteiger partial charge in [-0.15, -0.1) is 0 Å². The van der Waals surface area contributed by atoms with Crippen molar-refractivity contribution in [3.05, 3.63) is 0 Å². The molecule has 1 fully saturated rings. The Labute approximate surface area is 87.6 Å². The third kappa shape index (κ3) is 3.23. The van der Waals surface area contributed by atoms with E-state index in [0.717, 1.165) is 19.4 Å². The van der Waals surface area contributed by atoms with Crippen LogP contribution in [0.3, 0.4) is 0 Å². The molecule has 0 saturated carbocycles. The molecule has 84 valence electrons. The van der Waals surface area contributed by atoms with E-state index in [2.05, 4.69) is 33.0 Å². The molecule has 0 aromatic rings. The molecule has 1 saturated heterocycles.